The molecule has 0 atom stereocenters. The van der Waals surface area contributed by atoms with Crippen molar-refractivity contribution in [1.82, 2.24) is 9.97 Å². The van der Waals surface area contributed by atoms with Crippen LogP contribution in [0.5, 0.6) is 0 Å². The van der Waals surface area contributed by atoms with E-state index in [-0.39, 0.29) is 24.9 Å². The molecule has 0 amide bonds. The van der Waals surface area contributed by atoms with Gasteiger partial charge in [0.05, 0.1) is 6.54 Å². The van der Waals surface area contributed by atoms with Gasteiger partial charge in [0.2, 0.25) is 11.6 Å². The third kappa shape index (κ3) is 4.96. The van der Waals surface area contributed by atoms with Crippen molar-refractivity contribution in [3.05, 3.63) is 41.9 Å². The van der Waals surface area contributed by atoms with Gasteiger partial charge in [-0.3, -0.25) is 5.32 Å². The zero-order chi connectivity index (χ0) is 17.8. The molecule has 24 heavy (non-hydrogen) atoms. The van der Waals surface area contributed by atoms with Gasteiger partial charge in [0.15, 0.2) is 0 Å². The fourth-order valence-corrected chi connectivity index (χ4v) is 1.71. The molecule has 11 heteroatoms. The molecule has 2 aromatic rings. The summed E-state index contributed by atoms with van der Waals surface area (Å²) in [5, 5.41) is 5.23. The van der Waals surface area contributed by atoms with E-state index in [1.54, 1.807) is 0 Å². The largest absolute Gasteiger partial charge is 0.453 e. The maximum absolute atomic E-state index is 12.5. The minimum absolute atomic E-state index is 0.103. The molecule has 0 aliphatic rings. The van der Waals surface area contributed by atoms with Crippen molar-refractivity contribution in [2.45, 2.75) is 12.4 Å². The number of hydrogen-bond acceptors (Lipinski definition) is 4. The molecule has 2 heterocycles. The molecule has 0 radical (unpaired) electrons. The molecule has 0 aliphatic carbocycles. The Hall–Kier alpha value is -2.59. The molecular formula is C13H12F6N5+. The van der Waals surface area contributed by atoms with Gasteiger partial charge in [-0.15, -0.1) is 0 Å². The van der Waals surface area contributed by atoms with Gasteiger partial charge in [0.1, 0.15) is 12.2 Å². The number of aromatic amines is 1. The first kappa shape index (κ1) is 17.8. The van der Waals surface area contributed by atoms with Crippen molar-refractivity contribution in [2.24, 2.45) is 0 Å². The zero-order valence-corrected chi connectivity index (χ0v) is 12.0. The van der Waals surface area contributed by atoms with Crippen LogP contribution in [0.15, 0.2) is 30.5 Å². The maximum atomic E-state index is 12.5. The first-order valence-corrected chi connectivity index (χ1v) is 6.64. The summed E-state index contributed by atoms with van der Waals surface area (Å²) in [5.41, 5.74) is -2.00. The topological polar surface area (TPSA) is 64.0 Å². The average molecular weight is 352 g/mol. The maximum Gasteiger partial charge on any atom is 0.453 e. The van der Waals surface area contributed by atoms with E-state index < -0.39 is 23.7 Å². The SMILES string of the molecule is FC(F)(F)c1ccnc(NCCNc2cccc(C(F)(F)F)[nH+]2)n1. The molecule has 0 aliphatic heterocycles. The number of nitrogens with one attached hydrogen (secondary N) is 3. The van der Waals surface area contributed by atoms with Gasteiger partial charge in [0.25, 0.3) is 5.82 Å². The summed E-state index contributed by atoms with van der Waals surface area (Å²) in [7, 11) is 0. The second-order valence-corrected chi connectivity index (χ2v) is 4.59. The molecule has 130 valence electrons. The highest BCUT2D eigenvalue weighted by Crippen LogP contribution is 2.27. The summed E-state index contributed by atoms with van der Waals surface area (Å²) in [6.07, 6.45) is -8.11. The van der Waals surface area contributed by atoms with Gasteiger partial charge in [-0.25, -0.2) is 15.0 Å². The van der Waals surface area contributed by atoms with Crippen LogP contribution >= 0.6 is 0 Å². The highest BCUT2D eigenvalue weighted by Gasteiger charge is 2.35. The Morgan fingerprint density at radius 1 is 0.917 bits per heavy atom. The van der Waals surface area contributed by atoms with Crippen molar-refractivity contribution in [2.75, 3.05) is 23.7 Å². The predicted molar refractivity (Wildman–Crippen MR) is 72.0 cm³/mol. The van der Waals surface area contributed by atoms with Gasteiger partial charge in [-0.2, -0.15) is 26.3 Å². The molecule has 5 nitrogen and oxygen atoms in total. The second-order valence-electron chi connectivity index (χ2n) is 4.59. The second kappa shape index (κ2) is 6.89. The molecule has 0 spiro atoms. The summed E-state index contributed by atoms with van der Waals surface area (Å²) in [6, 6.07) is 4.25. The highest BCUT2D eigenvalue weighted by atomic mass is 19.4. The molecule has 2 rings (SSSR count). The van der Waals surface area contributed by atoms with Crippen LogP contribution in [-0.2, 0) is 12.4 Å². The Morgan fingerprint density at radius 3 is 2.29 bits per heavy atom. The van der Waals surface area contributed by atoms with E-state index in [0.717, 1.165) is 18.3 Å². The zero-order valence-electron chi connectivity index (χ0n) is 12.0. The Balaban J connectivity index is 1.88. The molecule has 0 bridgehead atoms. The van der Waals surface area contributed by atoms with E-state index in [2.05, 4.69) is 25.6 Å². The smallest absolute Gasteiger partial charge is 0.350 e. The molecular weight excluding hydrogens is 340 g/mol. The number of anilines is 2. The van der Waals surface area contributed by atoms with Crippen LogP contribution in [-0.4, -0.2) is 23.1 Å². The van der Waals surface area contributed by atoms with Crippen molar-refractivity contribution in [1.29, 1.82) is 0 Å². The summed E-state index contributed by atoms with van der Waals surface area (Å²) in [5.74, 6) is -0.101. The lowest BCUT2D eigenvalue weighted by Crippen LogP contribution is -2.26. The monoisotopic (exact) mass is 352 g/mol. The van der Waals surface area contributed by atoms with Crippen molar-refractivity contribution >= 4 is 11.8 Å². The van der Waals surface area contributed by atoms with E-state index in [4.69, 9.17) is 0 Å². The third-order valence-electron chi connectivity index (χ3n) is 2.77. The number of halogens is 6. The normalized spacial score (nSPS) is 12.1. The molecule has 0 saturated heterocycles. The number of aromatic nitrogens is 3. The van der Waals surface area contributed by atoms with Gasteiger partial charge < -0.3 is 5.32 Å². The lowest BCUT2D eigenvalue weighted by molar-refractivity contribution is -0.412. The molecule has 0 fully saturated rings. The Bertz CT molecular complexity index is 626. The molecule has 0 unspecified atom stereocenters. The molecule has 0 aromatic carbocycles. The number of hydrogen-bond donors (Lipinski definition) is 2. The van der Waals surface area contributed by atoms with Crippen molar-refractivity contribution in [3.8, 4) is 0 Å². The van der Waals surface area contributed by atoms with E-state index in [9.17, 15) is 26.3 Å². The van der Waals surface area contributed by atoms with E-state index in [1.807, 2.05) is 0 Å². The fraction of sp³-hybridized carbons (Fsp3) is 0.308. The predicted octanol–water partition coefficient (Wildman–Crippen LogP) is 2.85. The average Bonchev–Trinajstić information content (AvgIpc) is 2.51. The number of alkyl halides is 6. The van der Waals surface area contributed by atoms with Crippen LogP contribution < -0.4 is 15.6 Å². The first-order chi connectivity index (χ1) is 11.2. The van der Waals surface area contributed by atoms with Crippen LogP contribution in [0.3, 0.4) is 0 Å². The highest BCUT2D eigenvalue weighted by molar-refractivity contribution is 5.30. The van der Waals surface area contributed by atoms with E-state index >= 15 is 0 Å². The van der Waals surface area contributed by atoms with Gasteiger partial charge >= 0.3 is 12.4 Å². The summed E-state index contributed by atoms with van der Waals surface area (Å²) >= 11 is 0. The van der Waals surface area contributed by atoms with Crippen molar-refractivity contribution < 1.29 is 31.3 Å². The van der Waals surface area contributed by atoms with E-state index in [1.165, 1.54) is 12.1 Å². The van der Waals surface area contributed by atoms with E-state index in [0.29, 0.717) is 0 Å². The van der Waals surface area contributed by atoms with Gasteiger partial charge in [0, 0.05) is 12.3 Å². The molecule has 3 N–H and O–H groups in total. The van der Waals surface area contributed by atoms with Crippen LogP contribution in [0.25, 0.3) is 0 Å². The number of H-pyrrole nitrogens is 1. The Kier molecular flexibility index (Phi) is 5.10. The summed E-state index contributed by atoms with van der Waals surface area (Å²) in [6.45, 7) is 0.239. The lowest BCUT2D eigenvalue weighted by atomic mass is 10.3. The lowest BCUT2D eigenvalue weighted by Gasteiger charge is -2.08. The Labute approximate surface area is 132 Å². The minimum atomic E-state index is -4.58. The number of pyridine rings is 1. The first-order valence-electron chi connectivity index (χ1n) is 6.64. The third-order valence-corrected chi connectivity index (χ3v) is 2.77. The Morgan fingerprint density at radius 2 is 1.62 bits per heavy atom. The van der Waals surface area contributed by atoms with Crippen LogP contribution in [0.4, 0.5) is 38.1 Å². The van der Waals surface area contributed by atoms with Crippen molar-refractivity contribution in [3.63, 3.8) is 0 Å². The van der Waals surface area contributed by atoms with Gasteiger partial charge in [-0.05, 0) is 18.2 Å². The molecule has 0 saturated carbocycles. The number of nitrogens with zero attached hydrogens (tertiary/aromatic N) is 2. The minimum Gasteiger partial charge on any atom is -0.350 e. The number of rotatable bonds is 5. The van der Waals surface area contributed by atoms with Crippen LogP contribution in [0, 0.1) is 0 Å². The van der Waals surface area contributed by atoms with Crippen LogP contribution in [0.2, 0.25) is 0 Å². The van der Waals surface area contributed by atoms with Crippen LogP contribution in [0.1, 0.15) is 11.4 Å². The standard InChI is InChI=1S/C13H11F6N5/c14-12(15,16)8-2-1-3-10(23-8)20-6-7-22-11-21-5-4-9(24-11)13(17,18)19/h1-5H,6-7H2,(H,20,23)(H,21,22,24)/p+1. The quantitative estimate of drug-likeness (QED) is 0.642. The summed E-state index contributed by atoms with van der Waals surface area (Å²) < 4.78 is 75.1. The van der Waals surface area contributed by atoms with Gasteiger partial charge in [-0.1, -0.05) is 0 Å². The summed E-state index contributed by atoms with van der Waals surface area (Å²) in [4.78, 5) is 9.11. The fourth-order valence-electron chi connectivity index (χ4n) is 1.71. The molecule has 2 aromatic heterocycles.